The number of nitrogens with zero attached hydrogens (tertiary/aromatic N) is 2. The Morgan fingerprint density at radius 2 is 1.73 bits per heavy atom. The Hall–Kier alpha value is -3.29. The molecule has 0 saturated carbocycles. The molecule has 0 aliphatic rings. The van der Waals surface area contributed by atoms with Gasteiger partial charge in [-0.15, -0.1) is 0 Å². The number of aromatic nitrogens is 2. The summed E-state index contributed by atoms with van der Waals surface area (Å²) >= 11 is 0. The summed E-state index contributed by atoms with van der Waals surface area (Å²) in [7, 11) is 1.40. The number of hydrogen-bond acceptors (Lipinski definition) is 3. The number of anilines is 1. The van der Waals surface area contributed by atoms with Gasteiger partial charge in [0.1, 0.15) is 0 Å². The van der Waals surface area contributed by atoms with Gasteiger partial charge >= 0.3 is 6.18 Å². The highest BCUT2D eigenvalue weighted by atomic mass is 19.4. The third kappa shape index (κ3) is 3.69. The minimum atomic E-state index is -4.43. The molecule has 0 unspecified atom stereocenters. The third-order valence-corrected chi connectivity index (χ3v) is 3.61. The molecule has 1 aromatic heterocycles. The molecule has 1 N–H and O–H groups in total. The molecule has 0 bridgehead atoms. The van der Waals surface area contributed by atoms with E-state index in [0.717, 1.165) is 17.8 Å². The van der Waals surface area contributed by atoms with Crippen LogP contribution < -0.4 is 10.1 Å². The van der Waals surface area contributed by atoms with Gasteiger partial charge in [0.15, 0.2) is 11.4 Å². The van der Waals surface area contributed by atoms with E-state index in [4.69, 9.17) is 4.74 Å². The van der Waals surface area contributed by atoms with E-state index in [1.54, 1.807) is 6.20 Å². The number of nitrogens with one attached hydrogen (secondary N) is 1. The lowest BCUT2D eigenvalue weighted by molar-refractivity contribution is -0.137. The molecule has 0 atom stereocenters. The van der Waals surface area contributed by atoms with E-state index in [2.05, 4.69) is 10.4 Å². The first-order chi connectivity index (χ1) is 12.4. The topological polar surface area (TPSA) is 56.2 Å². The lowest BCUT2D eigenvalue weighted by atomic mass is 10.2. The highest BCUT2D eigenvalue weighted by Crippen LogP contribution is 2.30. The number of amides is 1. The monoisotopic (exact) mass is 361 g/mol. The quantitative estimate of drug-likeness (QED) is 0.759. The van der Waals surface area contributed by atoms with Gasteiger partial charge in [-0.1, -0.05) is 18.2 Å². The van der Waals surface area contributed by atoms with Crippen LogP contribution in [0.25, 0.3) is 5.69 Å². The molecule has 1 amide bonds. The second-order valence-corrected chi connectivity index (χ2v) is 5.36. The third-order valence-electron chi connectivity index (χ3n) is 3.61. The predicted molar refractivity (Wildman–Crippen MR) is 89.5 cm³/mol. The van der Waals surface area contributed by atoms with Gasteiger partial charge in [-0.2, -0.15) is 18.3 Å². The van der Waals surface area contributed by atoms with E-state index in [0.29, 0.717) is 0 Å². The first-order valence-corrected chi connectivity index (χ1v) is 7.56. The fourth-order valence-electron chi connectivity index (χ4n) is 2.31. The average Bonchev–Trinajstić information content (AvgIpc) is 3.07. The molecule has 3 aromatic rings. The van der Waals surface area contributed by atoms with Gasteiger partial charge in [0, 0.05) is 5.69 Å². The molecule has 0 spiro atoms. The summed E-state index contributed by atoms with van der Waals surface area (Å²) in [6.45, 7) is 0. The van der Waals surface area contributed by atoms with Crippen molar-refractivity contribution in [2.75, 3.05) is 12.4 Å². The number of methoxy groups -OCH3 is 1. The fourth-order valence-corrected chi connectivity index (χ4v) is 2.31. The molecule has 0 aliphatic heterocycles. The van der Waals surface area contributed by atoms with Crippen LogP contribution >= 0.6 is 0 Å². The van der Waals surface area contributed by atoms with E-state index in [-0.39, 0.29) is 17.1 Å². The SMILES string of the molecule is COc1cn(-c2ccccc2)nc1C(=O)Nc1ccc(C(F)(F)F)cc1. The highest BCUT2D eigenvalue weighted by molar-refractivity contribution is 6.04. The Bertz CT molecular complexity index is 904. The number of hydrogen-bond donors (Lipinski definition) is 1. The lowest BCUT2D eigenvalue weighted by Gasteiger charge is -2.08. The first kappa shape index (κ1) is 17.5. The van der Waals surface area contributed by atoms with Crippen LogP contribution in [0.15, 0.2) is 60.8 Å². The molecule has 2 aromatic carbocycles. The Morgan fingerprint density at radius 1 is 1.08 bits per heavy atom. The van der Waals surface area contributed by atoms with E-state index in [1.807, 2.05) is 30.3 Å². The van der Waals surface area contributed by atoms with Crippen molar-refractivity contribution in [1.29, 1.82) is 0 Å². The van der Waals surface area contributed by atoms with E-state index < -0.39 is 17.6 Å². The molecule has 26 heavy (non-hydrogen) atoms. The second-order valence-electron chi connectivity index (χ2n) is 5.36. The Labute approximate surface area is 147 Å². The minimum Gasteiger partial charge on any atom is -0.493 e. The number of carbonyl (C=O) groups excluding carboxylic acids is 1. The van der Waals surface area contributed by atoms with Gasteiger partial charge in [0.2, 0.25) is 0 Å². The summed E-state index contributed by atoms with van der Waals surface area (Å²) in [6.07, 6.45) is -2.88. The van der Waals surface area contributed by atoms with Crippen LogP contribution in [-0.4, -0.2) is 22.8 Å². The maximum absolute atomic E-state index is 12.6. The number of alkyl halides is 3. The second kappa shape index (κ2) is 6.91. The molecule has 0 saturated heterocycles. The molecule has 134 valence electrons. The largest absolute Gasteiger partial charge is 0.493 e. The number of benzene rings is 2. The van der Waals surface area contributed by atoms with E-state index >= 15 is 0 Å². The van der Waals surface area contributed by atoms with Crippen molar-refractivity contribution in [3.05, 3.63) is 72.1 Å². The Balaban J connectivity index is 1.82. The summed E-state index contributed by atoms with van der Waals surface area (Å²) in [6, 6.07) is 13.3. The van der Waals surface area contributed by atoms with Crippen LogP contribution in [0, 0.1) is 0 Å². The number of halogens is 3. The van der Waals surface area contributed by atoms with Crippen LogP contribution in [-0.2, 0) is 6.18 Å². The van der Waals surface area contributed by atoms with Crippen molar-refractivity contribution in [2.24, 2.45) is 0 Å². The van der Waals surface area contributed by atoms with Crippen LogP contribution in [0.2, 0.25) is 0 Å². The molecule has 8 heteroatoms. The zero-order chi connectivity index (χ0) is 18.7. The van der Waals surface area contributed by atoms with Gasteiger partial charge in [0.25, 0.3) is 5.91 Å². The smallest absolute Gasteiger partial charge is 0.416 e. The van der Waals surface area contributed by atoms with Gasteiger partial charge in [0.05, 0.1) is 24.6 Å². The van der Waals surface area contributed by atoms with Crippen LogP contribution in [0.5, 0.6) is 5.75 Å². The average molecular weight is 361 g/mol. The summed E-state index contributed by atoms with van der Waals surface area (Å²) in [5.74, 6) is -0.338. The molecule has 1 heterocycles. The van der Waals surface area contributed by atoms with E-state index in [1.165, 1.54) is 23.9 Å². The lowest BCUT2D eigenvalue weighted by Crippen LogP contribution is -2.14. The number of rotatable bonds is 4. The maximum atomic E-state index is 12.6. The summed E-state index contributed by atoms with van der Waals surface area (Å²) in [4.78, 5) is 12.4. The Kier molecular flexibility index (Phi) is 4.66. The summed E-state index contributed by atoms with van der Waals surface area (Å²) in [5, 5.41) is 6.72. The molecule has 0 aliphatic carbocycles. The van der Waals surface area contributed by atoms with Crippen LogP contribution in [0.1, 0.15) is 16.1 Å². The van der Waals surface area contributed by atoms with Crippen LogP contribution in [0.4, 0.5) is 18.9 Å². The van der Waals surface area contributed by atoms with E-state index in [9.17, 15) is 18.0 Å². The molecule has 5 nitrogen and oxygen atoms in total. The molecule has 3 rings (SSSR count). The molecule has 0 fully saturated rings. The van der Waals surface area contributed by atoms with Gasteiger partial charge in [-0.25, -0.2) is 4.68 Å². The van der Waals surface area contributed by atoms with Crippen molar-refractivity contribution in [3.63, 3.8) is 0 Å². The summed E-state index contributed by atoms with van der Waals surface area (Å²) < 4.78 is 44.4. The van der Waals surface area contributed by atoms with Gasteiger partial charge in [-0.3, -0.25) is 4.79 Å². The predicted octanol–water partition coefficient (Wildman–Crippen LogP) is 4.15. The zero-order valence-electron chi connectivity index (χ0n) is 13.6. The number of para-hydroxylation sites is 1. The van der Waals surface area contributed by atoms with Crippen molar-refractivity contribution in [2.45, 2.75) is 6.18 Å². The normalized spacial score (nSPS) is 11.2. The van der Waals surface area contributed by atoms with Crippen molar-refractivity contribution in [3.8, 4) is 11.4 Å². The minimum absolute atomic E-state index is 0.0243. The molecular formula is C18H14F3N3O2. The van der Waals surface area contributed by atoms with Crippen molar-refractivity contribution < 1.29 is 22.7 Å². The summed E-state index contributed by atoms with van der Waals surface area (Å²) in [5.41, 5.74) is 0.191. The maximum Gasteiger partial charge on any atom is 0.416 e. The first-order valence-electron chi connectivity index (χ1n) is 7.56. The highest BCUT2D eigenvalue weighted by Gasteiger charge is 2.30. The number of ether oxygens (including phenoxy) is 1. The van der Waals surface area contributed by atoms with Crippen LogP contribution in [0.3, 0.4) is 0 Å². The zero-order valence-corrected chi connectivity index (χ0v) is 13.6. The number of carbonyl (C=O) groups is 1. The fraction of sp³-hybridized carbons (Fsp3) is 0.111. The Morgan fingerprint density at radius 3 is 2.31 bits per heavy atom. The van der Waals surface area contributed by atoms with Crippen molar-refractivity contribution >= 4 is 11.6 Å². The molecule has 0 radical (unpaired) electrons. The molecular weight excluding hydrogens is 347 g/mol. The van der Waals surface area contributed by atoms with Crippen molar-refractivity contribution in [1.82, 2.24) is 9.78 Å². The van der Waals surface area contributed by atoms with Gasteiger partial charge in [-0.05, 0) is 36.4 Å². The van der Waals surface area contributed by atoms with Gasteiger partial charge < -0.3 is 10.1 Å². The standard InChI is InChI=1S/C18H14F3N3O2/c1-26-15-11-24(14-5-3-2-4-6-14)23-16(15)17(25)22-13-9-7-12(8-10-13)18(19,20)21/h2-11H,1H3,(H,22,25).